The van der Waals surface area contributed by atoms with Crippen LogP contribution in [0.3, 0.4) is 0 Å². The minimum absolute atomic E-state index is 0.170. The molecular weight excluding hydrogens is 254 g/mol. The summed E-state index contributed by atoms with van der Waals surface area (Å²) in [5.74, 6) is -0.418. The minimum atomic E-state index is -0.626. The average Bonchev–Trinajstić information content (AvgIpc) is 2.58. The number of ether oxygens (including phenoxy) is 1. The van der Waals surface area contributed by atoms with Crippen LogP contribution in [0.15, 0.2) is 30.3 Å². The van der Waals surface area contributed by atoms with Gasteiger partial charge in [-0.2, -0.15) is 0 Å². The molecule has 2 atom stereocenters. The first kappa shape index (κ1) is 14.6. The van der Waals surface area contributed by atoms with Crippen LogP contribution in [0.4, 0.5) is 4.79 Å². The topological polar surface area (TPSA) is 46.6 Å². The van der Waals surface area contributed by atoms with Gasteiger partial charge in [-0.25, -0.2) is 9.69 Å². The number of amides is 2. The van der Waals surface area contributed by atoms with E-state index in [0.29, 0.717) is 6.42 Å². The van der Waals surface area contributed by atoms with Gasteiger partial charge in [-0.15, -0.1) is 0 Å². The van der Waals surface area contributed by atoms with Crippen LogP contribution in [0.2, 0.25) is 0 Å². The monoisotopic (exact) mass is 275 g/mol. The third-order valence-corrected chi connectivity index (χ3v) is 3.98. The van der Waals surface area contributed by atoms with Crippen molar-refractivity contribution in [3.05, 3.63) is 35.9 Å². The molecule has 4 heteroatoms. The second-order valence-electron chi connectivity index (χ2n) is 5.95. The smallest absolute Gasteiger partial charge is 0.417 e. The lowest BCUT2D eigenvalue weighted by Crippen LogP contribution is -2.45. The largest absolute Gasteiger partial charge is 0.441 e. The molecule has 108 valence electrons. The Balaban J connectivity index is 2.09. The first-order valence-electron chi connectivity index (χ1n) is 6.93. The van der Waals surface area contributed by atoms with E-state index < -0.39 is 11.7 Å². The zero-order valence-corrected chi connectivity index (χ0v) is 12.4. The fourth-order valence-corrected chi connectivity index (χ4v) is 2.40. The van der Waals surface area contributed by atoms with Gasteiger partial charge in [-0.1, -0.05) is 37.3 Å². The molecule has 0 aromatic heterocycles. The normalized spacial score (nSPS) is 22.5. The summed E-state index contributed by atoms with van der Waals surface area (Å²) in [7, 11) is 0. The zero-order valence-electron chi connectivity index (χ0n) is 12.4. The van der Waals surface area contributed by atoms with Crippen molar-refractivity contribution in [3.8, 4) is 0 Å². The molecule has 0 spiro atoms. The van der Waals surface area contributed by atoms with Gasteiger partial charge in [-0.05, 0) is 32.8 Å². The molecule has 0 radical (unpaired) electrons. The summed E-state index contributed by atoms with van der Waals surface area (Å²) < 4.78 is 5.26. The Morgan fingerprint density at radius 3 is 2.45 bits per heavy atom. The number of carbonyl (C=O) groups is 2. The molecule has 2 rings (SSSR count). The number of benzene rings is 1. The van der Waals surface area contributed by atoms with Crippen molar-refractivity contribution in [2.24, 2.45) is 5.92 Å². The molecule has 1 aromatic carbocycles. The molecular formula is C16H21NO3. The van der Waals surface area contributed by atoms with Crippen molar-refractivity contribution < 1.29 is 14.3 Å². The number of carbonyl (C=O) groups excluding carboxylic acids is 2. The van der Waals surface area contributed by atoms with Gasteiger partial charge in [0.1, 0.15) is 5.60 Å². The Hall–Kier alpha value is -1.84. The predicted octanol–water partition coefficient (Wildman–Crippen LogP) is 3.01. The van der Waals surface area contributed by atoms with Crippen molar-refractivity contribution in [2.75, 3.05) is 0 Å². The highest BCUT2D eigenvalue weighted by Crippen LogP contribution is 2.30. The van der Waals surface area contributed by atoms with E-state index in [1.54, 1.807) is 0 Å². The van der Waals surface area contributed by atoms with Gasteiger partial charge in [0.15, 0.2) is 0 Å². The molecule has 1 fully saturated rings. The van der Waals surface area contributed by atoms with Gasteiger partial charge in [0.05, 0.1) is 6.04 Å². The van der Waals surface area contributed by atoms with E-state index in [4.69, 9.17) is 4.74 Å². The summed E-state index contributed by atoms with van der Waals surface area (Å²) in [5.41, 5.74) is 0.465. The molecule has 0 aliphatic carbocycles. The highest BCUT2D eigenvalue weighted by atomic mass is 16.6. The lowest BCUT2D eigenvalue weighted by molar-refractivity contribution is -0.133. The van der Waals surface area contributed by atoms with Crippen LogP contribution in [0.5, 0.6) is 0 Å². The van der Waals surface area contributed by atoms with E-state index in [2.05, 4.69) is 0 Å². The van der Waals surface area contributed by atoms with Crippen molar-refractivity contribution in [2.45, 2.75) is 45.8 Å². The maximum absolute atomic E-state index is 12.5. The van der Waals surface area contributed by atoms with E-state index in [1.165, 1.54) is 4.90 Å². The molecule has 1 saturated heterocycles. The van der Waals surface area contributed by atoms with Crippen LogP contribution in [0, 0.1) is 5.92 Å². The van der Waals surface area contributed by atoms with E-state index in [1.807, 2.05) is 58.0 Å². The van der Waals surface area contributed by atoms with Gasteiger partial charge in [0.2, 0.25) is 5.91 Å². The zero-order chi connectivity index (χ0) is 14.9. The van der Waals surface area contributed by atoms with Gasteiger partial charge in [0, 0.05) is 5.92 Å². The number of rotatable bonds is 3. The Morgan fingerprint density at radius 2 is 1.95 bits per heavy atom. The molecule has 1 aromatic rings. The van der Waals surface area contributed by atoms with E-state index in [9.17, 15) is 9.59 Å². The standard InChI is InChI=1S/C16H21NO3/c1-11(10-13-8-6-5-7-9-13)14(18)17-12(2)16(3,4)20-15(17)19/h5-9,11-12H,10H2,1-4H3/t11-,12?/m0/s1. The molecule has 1 unspecified atom stereocenters. The van der Waals surface area contributed by atoms with E-state index in [0.717, 1.165) is 5.56 Å². The molecule has 20 heavy (non-hydrogen) atoms. The molecule has 0 bridgehead atoms. The van der Waals surface area contributed by atoms with Crippen LogP contribution in [0.25, 0.3) is 0 Å². The van der Waals surface area contributed by atoms with Crippen molar-refractivity contribution in [3.63, 3.8) is 0 Å². The fourth-order valence-electron chi connectivity index (χ4n) is 2.40. The number of imide groups is 1. The lowest BCUT2D eigenvalue weighted by Gasteiger charge is -2.25. The molecule has 1 heterocycles. The lowest BCUT2D eigenvalue weighted by atomic mass is 9.96. The maximum atomic E-state index is 12.5. The van der Waals surface area contributed by atoms with Crippen LogP contribution in [0.1, 0.15) is 33.3 Å². The molecule has 0 saturated carbocycles. The molecule has 1 aliphatic heterocycles. The van der Waals surface area contributed by atoms with Crippen molar-refractivity contribution >= 4 is 12.0 Å². The van der Waals surface area contributed by atoms with Crippen LogP contribution in [-0.2, 0) is 16.0 Å². The summed E-state index contributed by atoms with van der Waals surface area (Å²) in [6, 6.07) is 9.56. The Labute approximate surface area is 119 Å². The second kappa shape index (κ2) is 5.27. The maximum Gasteiger partial charge on any atom is 0.417 e. The molecule has 2 amide bonds. The summed E-state index contributed by atoms with van der Waals surface area (Å²) in [6.45, 7) is 7.34. The molecule has 0 N–H and O–H groups in total. The number of nitrogens with zero attached hydrogens (tertiary/aromatic N) is 1. The van der Waals surface area contributed by atoms with Crippen molar-refractivity contribution in [1.82, 2.24) is 4.90 Å². The SMILES string of the molecule is CC1N(C(=O)[C@@H](C)Cc2ccccc2)C(=O)OC1(C)C. The minimum Gasteiger partial charge on any atom is -0.441 e. The third-order valence-electron chi connectivity index (χ3n) is 3.98. The Morgan fingerprint density at radius 1 is 1.35 bits per heavy atom. The van der Waals surface area contributed by atoms with Gasteiger partial charge in [0.25, 0.3) is 0 Å². The fraction of sp³-hybridized carbons (Fsp3) is 0.500. The van der Waals surface area contributed by atoms with Crippen LogP contribution < -0.4 is 0 Å². The third kappa shape index (κ3) is 2.69. The second-order valence-corrected chi connectivity index (χ2v) is 5.95. The molecule has 1 aliphatic rings. The number of hydrogen-bond donors (Lipinski definition) is 0. The summed E-state index contributed by atoms with van der Waals surface area (Å²) >= 11 is 0. The van der Waals surface area contributed by atoms with E-state index >= 15 is 0 Å². The summed E-state index contributed by atoms with van der Waals surface area (Å²) in [5, 5.41) is 0. The van der Waals surface area contributed by atoms with E-state index in [-0.39, 0.29) is 17.9 Å². The van der Waals surface area contributed by atoms with Gasteiger partial charge in [-0.3, -0.25) is 4.79 Å². The predicted molar refractivity (Wildman–Crippen MR) is 76.2 cm³/mol. The number of cyclic esters (lactones) is 1. The van der Waals surface area contributed by atoms with Crippen LogP contribution in [-0.4, -0.2) is 28.5 Å². The highest BCUT2D eigenvalue weighted by molar-refractivity contribution is 5.95. The Kier molecular flexibility index (Phi) is 3.84. The first-order valence-corrected chi connectivity index (χ1v) is 6.93. The molecule has 4 nitrogen and oxygen atoms in total. The van der Waals surface area contributed by atoms with Gasteiger partial charge >= 0.3 is 6.09 Å². The average molecular weight is 275 g/mol. The summed E-state index contributed by atoms with van der Waals surface area (Å²) in [6.07, 6.45) is 0.0868. The van der Waals surface area contributed by atoms with Gasteiger partial charge < -0.3 is 4.74 Å². The van der Waals surface area contributed by atoms with Crippen molar-refractivity contribution in [1.29, 1.82) is 0 Å². The highest BCUT2D eigenvalue weighted by Gasteiger charge is 2.48. The summed E-state index contributed by atoms with van der Waals surface area (Å²) in [4.78, 5) is 25.6. The Bertz CT molecular complexity index is 510. The number of hydrogen-bond acceptors (Lipinski definition) is 3. The first-order chi connectivity index (χ1) is 9.33. The van der Waals surface area contributed by atoms with Crippen LogP contribution >= 0.6 is 0 Å². The quantitative estimate of drug-likeness (QED) is 0.852.